The highest BCUT2D eigenvalue weighted by Gasteiger charge is 2.15. The summed E-state index contributed by atoms with van der Waals surface area (Å²) >= 11 is 0. The number of rotatable bonds is 4. The molecule has 0 heterocycles. The maximum atomic E-state index is 11.3. The van der Waals surface area contributed by atoms with Gasteiger partial charge < -0.3 is 10.6 Å². The largest absolute Gasteiger partial charge is 0.355 e. The maximum absolute atomic E-state index is 11.3. The molecule has 1 atom stereocenters. The summed E-state index contributed by atoms with van der Waals surface area (Å²) in [6, 6.07) is 0.337. The molecule has 13 heavy (non-hydrogen) atoms. The Morgan fingerprint density at radius 3 is 2.31 bits per heavy atom. The fourth-order valence-electron chi connectivity index (χ4n) is 0.913. The van der Waals surface area contributed by atoms with Crippen molar-refractivity contribution in [2.45, 2.75) is 40.2 Å². The zero-order chi connectivity index (χ0) is 10.5. The van der Waals surface area contributed by atoms with Crippen LogP contribution in [0.2, 0.25) is 0 Å². The summed E-state index contributed by atoms with van der Waals surface area (Å²) in [4.78, 5) is 11.3. The lowest BCUT2D eigenvalue weighted by Gasteiger charge is -2.18. The van der Waals surface area contributed by atoms with E-state index in [1.165, 1.54) is 0 Å². The van der Waals surface area contributed by atoms with Gasteiger partial charge in [-0.05, 0) is 19.4 Å². The molecule has 0 radical (unpaired) electrons. The highest BCUT2D eigenvalue weighted by molar-refractivity contribution is 5.76. The number of amides is 1. The van der Waals surface area contributed by atoms with Crippen LogP contribution in [0, 0.1) is 5.41 Å². The molecule has 0 aromatic heterocycles. The Balaban J connectivity index is 3.64. The van der Waals surface area contributed by atoms with Crippen LogP contribution >= 0.6 is 0 Å². The second-order valence-corrected chi connectivity index (χ2v) is 4.73. The van der Waals surface area contributed by atoms with Crippen LogP contribution in [-0.4, -0.2) is 25.5 Å². The van der Waals surface area contributed by atoms with E-state index in [1.807, 2.05) is 14.0 Å². The summed E-state index contributed by atoms with van der Waals surface area (Å²) in [7, 11) is 1.89. The highest BCUT2D eigenvalue weighted by Crippen LogP contribution is 2.17. The molecule has 0 aliphatic rings. The summed E-state index contributed by atoms with van der Waals surface area (Å²) in [5.74, 6) is 0.134. The van der Waals surface area contributed by atoms with E-state index < -0.39 is 0 Å². The summed E-state index contributed by atoms with van der Waals surface area (Å²) < 4.78 is 0. The number of hydrogen-bond donors (Lipinski definition) is 2. The minimum Gasteiger partial charge on any atom is -0.355 e. The molecule has 3 heteroatoms. The van der Waals surface area contributed by atoms with E-state index in [2.05, 4.69) is 31.4 Å². The highest BCUT2D eigenvalue weighted by atomic mass is 16.1. The summed E-state index contributed by atoms with van der Waals surface area (Å²) in [5.41, 5.74) is 0.0764. The van der Waals surface area contributed by atoms with Crippen molar-refractivity contribution in [3.8, 4) is 0 Å². The number of carbonyl (C=O) groups excluding carboxylic acids is 1. The first kappa shape index (κ1) is 12.4. The van der Waals surface area contributed by atoms with Crippen molar-refractivity contribution in [2.75, 3.05) is 13.6 Å². The Morgan fingerprint density at radius 1 is 1.38 bits per heavy atom. The van der Waals surface area contributed by atoms with Gasteiger partial charge in [-0.3, -0.25) is 4.79 Å². The SMILES string of the molecule is CNC(C)CNC(=O)CC(C)(C)C. The number of carbonyl (C=O) groups is 1. The van der Waals surface area contributed by atoms with Crippen LogP contribution < -0.4 is 10.6 Å². The molecule has 0 aromatic rings. The van der Waals surface area contributed by atoms with Gasteiger partial charge >= 0.3 is 0 Å². The van der Waals surface area contributed by atoms with Gasteiger partial charge in [0.1, 0.15) is 0 Å². The first-order chi connectivity index (χ1) is 5.85. The Morgan fingerprint density at radius 2 is 1.92 bits per heavy atom. The zero-order valence-electron chi connectivity index (χ0n) is 9.40. The average Bonchev–Trinajstić information content (AvgIpc) is 1.97. The molecule has 78 valence electrons. The second-order valence-electron chi connectivity index (χ2n) is 4.73. The first-order valence-electron chi connectivity index (χ1n) is 4.79. The smallest absolute Gasteiger partial charge is 0.220 e. The van der Waals surface area contributed by atoms with Crippen molar-refractivity contribution in [3.63, 3.8) is 0 Å². The maximum Gasteiger partial charge on any atom is 0.220 e. The molecule has 3 nitrogen and oxygen atoms in total. The quantitative estimate of drug-likeness (QED) is 0.691. The van der Waals surface area contributed by atoms with Gasteiger partial charge in [0.05, 0.1) is 0 Å². The molecule has 0 fully saturated rings. The third kappa shape index (κ3) is 7.78. The Kier molecular flexibility index (Phi) is 4.99. The molecule has 0 rings (SSSR count). The first-order valence-corrected chi connectivity index (χ1v) is 4.79. The molecule has 1 unspecified atom stereocenters. The lowest BCUT2D eigenvalue weighted by atomic mass is 9.92. The monoisotopic (exact) mass is 186 g/mol. The van der Waals surface area contributed by atoms with Crippen LogP contribution in [0.25, 0.3) is 0 Å². The van der Waals surface area contributed by atoms with Crippen LogP contribution in [0.3, 0.4) is 0 Å². The Bertz CT molecular complexity index is 161. The van der Waals surface area contributed by atoms with Crippen molar-refractivity contribution in [3.05, 3.63) is 0 Å². The van der Waals surface area contributed by atoms with Crippen LogP contribution in [0.4, 0.5) is 0 Å². The molecule has 0 spiro atoms. The molecule has 2 N–H and O–H groups in total. The average molecular weight is 186 g/mol. The van der Waals surface area contributed by atoms with E-state index in [0.29, 0.717) is 19.0 Å². The number of nitrogens with one attached hydrogen (secondary N) is 2. The minimum absolute atomic E-state index is 0.0764. The van der Waals surface area contributed by atoms with Crippen molar-refractivity contribution < 1.29 is 4.79 Å². The minimum atomic E-state index is 0.0764. The molecule has 1 amide bonds. The molecular formula is C10H22N2O. The summed E-state index contributed by atoms with van der Waals surface area (Å²) in [6.45, 7) is 8.93. The lowest BCUT2D eigenvalue weighted by molar-refractivity contribution is -0.122. The van der Waals surface area contributed by atoms with E-state index in [0.717, 1.165) is 0 Å². The van der Waals surface area contributed by atoms with Crippen molar-refractivity contribution in [1.82, 2.24) is 10.6 Å². The van der Waals surface area contributed by atoms with Gasteiger partial charge in [-0.1, -0.05) is 20.8 Å². The van der Waals surface area contributed by atoms with Gasteiger partial charge in [-0.15, -0.1) is 0 Å². The molecule has 0 saturated carbocycles. The van der Waals surface area contributed by atoms with Gasteiger partial charge in [0.15, 0.2) is 0 Å². The number of likely N-dealkylation sites (N-methyl/N-ethyl adjacent to an activating group) is 1. The van der Waals surface area contributed by atoms with Gasteiger partial charge in [-0.2, -0.15) is 0 Å². The lowest BCUT2D eigenvalue weighted by Crippen LogP contribution is -2.38. The Hall–Kier alpha value is -0.570. The predicted octanol–water partition coefficient (Wildman–Crippen LogP) is 1.15. The van der Waals surface area contributed by atoms with Crippen molar-refractivity contribution >= 4 is 5.91 Å². The fourth-order valence-corrected chi connectivity index (χ4v) is 0.913. The fraction of sp³-hybridized carbons (Fsp3) is 0.900. The molecule has 0 aromatic carbocycles. The van der Waals surface area contributed by atoms with Gasteiger partial charge in [0.2, 0.25) is 5.91 Å². The summed E-state index contributed by atoms with van der Waals surface area (Å²) in [5, 5.41) is 5.96. The third-order valence-electron chi connectivity index (χ3n) is 1.79. The van der Waals surface area contributed by atoms with E-state index >= 15 is 0 Å². The third-order valence-corrected chi connectivity index (χ3v) is 1.79. The molecular weight excluding hydrogens is 164 g/mol. The molecule has 0 bridgehead atoms. The second kappa shape index (κ2) is 5.22. The van der Waals surface area contributed by atoms with E-state index in [-0.39, 0.29) is 11.3 Å². The zero-order valence-corrected chi connectivity index (χ0v) is 9.40. The summed E-state index contributed by atoms with van der Waals surface area (Å²) in [6.07, 6.45) is 0.587. The van der Waals surface area contributed by atoms with Gasteiger partial charge in [0.25, 0.3) is 0 Å². The molecule has 0 aliphatic carbocycles. The number of hydrogen-bond acceptors (Lipinski definition) is 2. The van der Waals surface area contributed by atoms with Crippen LogP contribution in [0.5, 0.6) is 0 Å². The van der Waals surface area contributed by atoms with Crippen LogP contribution in [-0.2, 0) is 4.79 Å². The van der Waals surface area contributed by atoms with Crippen molar-refractivity contribution in [2.24, 2.45) is 5.41 Å². The molecule has 0 aliphatic heterocycles. The Labute approximate surface area is 81.3 Å². The van der Waals surface area contributed by atoms with E-state index in [4.69, 9.17) is 0 Å². The van der Waals surface area contributed by atoms with E-state index in [1.54, 1.807) is 0 Å². The topological polar surface area (TPSA) is 41.1 Å². The van der Waals surface area contributed by atoms with Crippen LogP contribution in [0.15, 0.2) is 0 Å². The molecule has 0 saturated heterocycles. The van der Waals surface area contributed by atoms with Gasteiger partial charge in [0, 0.05) is 19.0 Å². The predicted molar refractivity (Wildman–Crippen MR) is 55.6 cm³/mol. The standard InChI is InChI=1S/C10H22N2O/c1-8(11-5)7-12-9(13)6-10(2,3)4/h8,11H,6-7H2,1-5H3,(H,12,13). The van der Waals surface area contributed by atoms with Gasteiger partial charge in [-0.25, -0.2) is 0 Å². The van der Waals surface area contributed by atoms with Crippen LogP contribution in [0.1, 0.15) is 34.1 Å². The van der Waals surface area contributed by atoms with E-state index in [9.17, 15) is 4.79 Å². The van der Waals surface area contributed by atoms with Crippen molar-refractivity contribution in [1.29, 1.82) is 0 Å². The normalized spacial score (nSPS) is 13.9.